The highest BCUT2D eigenvalue weighted by Gasteiger charge is 2.06. The number of carboxylic acids is 2. The molecular weight excluding hydrogens is 468 g/mol. The quantitative estimate of drug-likeness (QED) is 0.198. The molecule has 0 spiro atoms. The van der Waals surface area contributed by atoms with Crippen LogP contribution < -0.4 is 0 Å². The Hall–Kier alpha value is -2.70. The molecule has 0 aromatic heterocycles. The fraction of sp³-hybridized carbons (Fsp3) is 0.548. The lowest BCUT2D eigenvalue weighted by atomic mass is 10.1. The molecule has 2 aromatic carbocycles. The highest BCUT2D eigenvalue weighted by Crippen LogP contribution is 2.10. The van der Waals surface area contributed by atoms with Gasteiger partial charge in [0, 0.05) is 0 Å². The van der Waals surface area contributed by atoms with Gasteiger partial charge < -0.3 is 20.4 Å². The Bertz CT molecular complexity index is 774. The van der Waals surface area contributed by atoms with Crippen LogP contribution in [0.1, 0.15) is 117 Å². The lowest BCUT2D eigenvalue weighted by Crippen LogP contribution is -2.15. The normalized spacial score (nSPS) is 11.8. The van der Waals surface area contributed by atoms with Gasteiger partial charge in [0.15, 0.2) is 0 Å². The van der Waals surface area contributed by atoms with Gasteiger partial charge in [0.05, 0.1) is 23.3 Å². The van der Waals surface area contributed by atoms with Gasteiger partial charge in [0.25, 0.3) is 0 Å². The lowest BCUT2D eigenvalue weighted by Gasteiger charge is -2.11. The molecule has 2 unspecified atom stereocenters. The van der Waals surface area contributed by atoms with Crippen LogP contribution in [0, 0.1) is 0 Å². The minimum Gasteiger partial charge on any atom is -0.478 e. The zero-order valence-corrected chi connectivity index (χ0v) is 23.2. The zero-order valence-electron chi connectivity index (χ0n) is 23.2. The van der Waals surface area contributed by atoms with E-state index in [9.17, 15) is 9.59 Å². The van der Waals surface area contributed by atoms with Gasteiger partial charge in [-0.05, 0) is 80.3 Å². The van der Waals surface area contributed by atoms with Crippen LogP contribution in [0.3, 0.4) is 0 Å². The Morgan fingerprint density at radius 1 is 0.595 bits per heavy atom. The van der Waals surface area contributed by atoms with Crippen molar-refractivity contribution in [3.05, 3.63) is 70.8 Å². The largest absolute Gasteiger partial charge is 0.478 e. The van der Waals surface area contributed by atoms with Crippen molar-refractivity contribution in [3.63, 3.8) is 0 Å². The summed E-state index contributed by atoms with van der Waals surface area (Å²) in [5.41, 5.74) is 3.18. The fourth-order valence-electron chi connectivity index (χ4n) is 3.43. The van der Waals surface area contributed by atoms with Crippen LogP contribution >= 0.6 is 0 Å². The second-order valence-corrected chi connectivity index (χ2v) is 9.28. The van der Waals surface area contributed by atoms with Crippen LogP contribution in [0.4, 0.5) is 0 Å². The fourth-order valence-corrected chi connectivity index (χ4v) is 3.43. The minimum atomic E-state index is -0.856. The third kappa shape index (κ3) is 17.4. The van der Waals surface area contributed by atoms with Crippen molar-refractivity contribution in [2.24, 2.45) is 0 Å². The third-order valence-corrected chi connectivity index (χ3v) is 6.03. The van der Waals surface area contributed by atoms with Gasteiger partial charge in [0.2, 0.25) is 0 Å². The van der Waals surface area contributed by atoms with Gasteiger partial charge >= 0.3 is 11.9 Å². The summed E-state index contributed by atoms with van der Waals surface area (Å²) >= 11 is 0. The van der Waals surface area contributed by atoms with Crippen LogP contribution in [-0.4, -0.2) is 44.6 Å². The average Bonchev–Trinajstić information content (AvgIpc) is 2.90. The standard InChI is InChI=1S/2C12H16O2.C7H16O2/c2*1-2-3-4-5-10-6-8-11(9-7-10)12(13)14;1-3-6(8)5-7(9)4-2/h2*6-9H,2-5H2,1H3,(H,13,14);6-9H,3-5H2,1-2H3. The summed E-state index contributed by atoms with van der Waals surface area (Å²) in [5, 5.41) is 35.4. The first-order valence-electron chi connectivity index (χ1n) is 13.7. The van der Waals surface area contributed by atoms with Crippen molar-refractivity contribution in [2.75, 3.05) is 0 Å². The number of rotatable bonds is 14. The SMILES string of the molecule is CCC(O)CC(O)CC.CCCCCc1ccc(C(=O)O)cc1.CCCCCc1ccc(C(=O)O)cc1. The first-order chi connectivity index (χ1) is 17.7. The Balaban J connectivity index is 0.000000541. The monoisotopic (exact) mass is 516 g/mol. The molecule has 6 heteroatoms. The number of aryl methyl sites for hydroxylation is 2. The number of benzene rings is 2. The molecule has 2 aromatic rings. The Morgan fingerprint density at radius 3 is 1.16 bits per heavy atom. The Morgan fingerprint density at radius 2 is 0.919 bits per heavy atom. The van der Waals surface area contributed by atoms with E-state index in [2.05, 4.69) is 13.8 Å². The molecule has 2 atom stereocenters. The molecule has 0 radical (unpaired) electrons. The second-order valence-electron chi connectivity index (χ2n) is 9.28. The molecule has 4 N–H and O–H groups in total. The number of carboxylic acid groups (broad SMARTS) is 2. The molecule has 37 heavy (non-hydrogen) atoms. The number of aliphatic hydroxyl groups is 2. The molecule has 0 aliphatic rings. The number of aromatic carboxylic acids is 2. The Kier molecular flexibility index (Phi) is 19.8. The number of aliphatic hydroxyl groups excluding tert-OH is 2. The maximum Gasteiger partial charge on any atom is 0.335 e. The molecule has 0 aliphatic heterocycles. The number of unbranched alkanes of at least 4 members (excludes halogenated alkanes) is 4. The highest BCUT2D eigenvalue weighted by molar-refractivity contribution is 5.87. The van der Waals surface area contributed by atoms with Gasteiger partial charge in [-0.3, -0.25) is 0 Å². The maximum absolute atomic E-state index is 10.6. The predicted octanol–water partition coefficient (Wildman–Crippen LogP) is 7.15. The van der Waals surface area contributed by atoms with E-state index in [0.717, 1.165) is 25.7 Å². The smallest absolute Gasteiger partial charge is 0.335 e. The molecular formula is C31H48O6. The molecule has 208 valence electrons. The van der Waals surface area contributed by atoms with Gasteiger partial charge in [-0.15, -0.1) is 0 Å². The van der Waals surface area contributed by atoms with Crippen LogP contribution in [0.2, 0.25) is 0 Å². The van der Waals surface area contributed by atoms with E-state index in [-0.39, 0.29) is 12.2 Å². The average molecular weight is 517 g/mol. The van der Waals surface area contributed by atoms with Crippen LogP contribution in [-0.2, 0) is 12.8 Å². The predicted molar refractivity (Wildman–Crippen MR) is 150 cm³/mol. The van der Waals surface area contributed by atoms with Gasteiger partial charge in [-0.1, -0.05) is 77.6 Å². The number of hydrogen-bond acceptors (Lipinski definition) is 4. The molecule has 0 heterocycles. The first kappa shape index (κ1) is 34.3. The summed E-state index contributed by atoms with van der Waals surface area (Å²) in [4.78, 5) is 21.1. The van der Waals surface area contributed by atoms with Gasteiger partial charge in [0.1, 0.15) is 0 Å². The molecule has 0 fully saturated rings. The molecule has 6 nitrogen and oxygen atoms in total. The van der Waals surface area contributed by atoms with Crippen LogP contribution in [0.25, 0.3) is 0 Å². The van der Waals surface area contributed by atoms with Crippen molar-refractivity contribution in [2.45, 2.75) is 111 Å². The van der Waals surface area contributed by atoms with E-state index in [0.29, 0.717) is 17.5 Å². The highest BCUT2D eigenvalue weighted by atomic mass is 16.4. The van der Waals surface area contributed by atoms with E-state index >= 15 is 0 Å². The van der Waals surface area contributed by atoms with Crippen molar-refractivity contribution >= 4 is 11.9 Å². The summed E-state index contributed by atoms with van der Waals surface area (Å²) in [6, 6.07) is 14.3. The van der Waals surface area contributed by atoms with Crippen molar-refractivity contribution < 1.29 is 30.0 Å². The summed E-state index contributed by atoms with van der Waals surface area (Å²) in [6.45, 7) is 8.17. The van der Waals surface area contributed by atoms with E-state index in [1.807, 2.05) is 38.1 Å². The van der Waals surface area contributed by atoms with Gasteiger partial charge in [-0.25, -0.2) is 9.59 Å². The third-order valence-electron chi connectivity index (χ3n) is 6.03. The van der Waals surface area contributed by atoms with Gasteiger partial charge in [-0.2, -0.15) is 0 Å². The van der Waals surface area contributed by atoms with Crippen LogP contribution in [0.15, 0.2) is 48.5 Å². The Labute approximate surface area is 223 Å². The summed E-state index contributed by atoms with van der Waals surface area (Å²) in [6.07, 6.45) is 10.7. The van der Waals surface area contributed by atoms with Crippen LogP contribution in [0.5, 0.6) is 0 Å². The maximum atomic E-state index is 10.6. The second kappa shape index (κ2) is 21.4. The van der Waals surface area contributed by atoms with E-state index < -0.39 is 11.9 Å². The number of carbonyl (C=O) groups is 2. The zero-order chi connectivity index (χ0) is 28.1. The molecule has 0 saturated heterocycles. The lowest BCUT2D eigenvalue weighted by molar-refractivity contribution is 0.0686. The van der Waals surface area contributed by atoms with E-state index in [1.165, 1.54) is 49.7 Å². The summed E-state index contributed by atoms with van der Waals surface area (Å²) in [7, 11) is 0. The van der Waals surface area contributed by atoms with Crippen molar-refractivity contribution in [1.29, 1.82) is 0 Å². The topological polar surface area (TPSA) is 115 Å². The first-order valence-corrected chi connectivity index (χ1v) is 13.7. The minimum absolute atomic E-state index is 0.319. The molecule has 0 amide bonds. The molecule has 0 aliphatic carbocycles. The van der Waals surface area contributed by atoms with Crippen molar-refractivity contribution in [1.82, 2.24) is 0 Å². The molecule has 2 rings (SSSR count). The van der Waals surface area contributed by atoms with E-state index in [4.69, 9.17) is 20.4 Å². The van der Waals surface area contributed by atoms with E-state index in [1.54, 1.807) is 24.3 Å². The molecule has 0 saturated carbocycles. The summed E-state index contributed by atoms with van der Waals surface area (Å²) in [5.74, 6) is -1.71. The number of hydrogen-bond donors (Lipinski definition) is 4. The van der Waals surface area contributed by atoms with Crippen molar-refractivity contribution in [3.8, 4) is 0 Å². The summed E-state index contributed by atoms with van der Waals surface area (Å²) < 4.78 is 0. The molecule has 0 bridgehead atoms.